The fraction of sp³-hybridized carbons (Fsp3) is 0.281. The number of halogens is 2. The number of sulfone groups is 1. The van der Waals surface area contributed by atoms with E-state index in [1.54, 1.807) is 45.2 Å². The van der Waals surface area contributed by atoms with Gasteiger partial charge in [0.25, 0.3) is 0 Å². The molecule has 5 rings (SSSR count). The zero-order valence-electron chi connectivity index (χ0n) is 25.2. The number of ether oxygens (including phenoxy) is 2. The largest absolute Gasteiger partial charge is 0.496 e. The second-order valence-corrected chi connectivity index (χ2v) is 14.6. The third-order valence-corrected chi connectivity index (χ3v) is 10.7. The maximum absolute atomic E-state index is 13.5. The zero-order valence-corrected chi connectivity index (χ0v) is 27.6. The van der Waals surface area contributed by atoms with Crippen molar-refractivity contribution in [2.45, 2.75) is 38.7 Å². The average Bonchev–Trinajstić information content (AvgIpc) is 3.50. The summed E-state index contributed by atoms with van der Waals surface area (Å²) in [6.45, 7) is 5.85. The van der Waals surface area contributed by atoms with Crippen LogP contribution in [0.15, 0.2) is 66.3 Å². The molecule has 0 radical (unpaired) electrons. The van der Waals surface area contributed by atoms with E-state index in [9.17, 15) is 12.8 Å². The average molecular weight is 670 g/mol. The molecule has 2 aromatic heterocycles. The number of nitrogens with zero attached hydrogens (tertiary/aromatic N) is 3. The maximum atomic E-state index is 13.5. The highest BCUT2D eigenvalue weighted by Gasteiger charge is 2.19. The number of benzene rings is 3. The van der Waals surface area contributed by atoms with Gasteiger partial charge < -0.3 is 20.1 Å². The minimum absolute atomic E-state index is 0.0669. The predicted molar refractivity (Wildman–Crippen MR) is 178 cm³/mol. The van der Waals surface area contributed by atoms with Gasteiger partial charge in [-0.2, -0.15) is 0 Å². The van der Waals surface area contributed by atoms with E-state index in [4.69, 9.17) is 26.1 Å². The summed E-state index contributed by atoms with van der Waals surface area (Å²) in [6.07, 6.45) is 1.47. The summed E-state index contributed by atoms with van der Waals surface area (Å²) in [5.74, 6) is 1.38. The van der Waals surface area contributed by atoms with E-state index in [2.05, 4.69) is 20.6 Å². The van der Waals surface area contributed by atoms with Crippen LogP contribution in [0.5, 0.6) is 11.5 Å². The quantitative estimate of drug-likeness (QED) is 0.133. The lowest BCUT2D eigenvalue weighted by atomic mass is 10.1. The Morgan fingerprint density at radius 2 is 1.87 bits per heavy atom. The summed E-state index contributed by atoms with van der Waals surface area (Å²) in [4.78, 5) is 13.8. The molecule has 0 aliphatic carbocycles. The number of aromatic nitrogens is 3. The van der Waals surface area contributed by atoms with Crippen molar-refractivity contribution in [2.24, 2.45) is 0 Å². The van der Waals surface area contributed by atoms with Crippen LogP contribution < -0.4 is 20.1 Å². The van der Waals surface area contributed by atoms with Crippen molar-refractivity contribution in [3.05, 3.63) is 87.7 Å². The van der Waals surface area contributed by atoms with E-state index in [0.29, 0.717) is 45.7 Å². The molecule has 0 fully saturated rings. The van der Waals surface area contributed by atoms with Gasteiger partial charge >= 0.3 is 0 Å². The molecule has 1 unspecified atom stereocenters. The summed E-state index contributed by atoms with van der Waals surface area (Å²) in [6, 6.07) is 15.1. The van der Waals surface area contributed by atoms with E-state index in [1.807, 2.05) is 30.5 Å². The smallest absolute Gasteiger partial charge is 0.153 e. The molecule has 236 valence electrons. The Morgan fingerprint density at radius 3 is 2.60 bits per heavy atom. The zero-order chi connectivity index (χ0) is 32.1. The predicted octanol–water partition coefficient (Wildman–Crippen LogP) is 7.35. The van der Waals surface area contributed by atoms with E-state index in [-0.39, 0.29) is 24.2 Å². The first kappa shape index (κ1) is 32.6. The lowest BCUT2D eigenvalue weighted by Crippen LogP contribution is -2.28. The van der Waals surface area contributed by atoms with Gasteiger partial charge in [-0.1, -0.05) is 23.7 Å². The summed E-state index contributed by atoms with van der Waals surface area (Å²) < 4.78 is 49.3. The Bertz CT molecular complexity index is 1920. The number of methoxy groups -OCH3 is 1. The fourth-order valence-corrected chi connectivity index (χ4v) is 6.48. The first-order chi connectivity index (χ1) is 21.5. The van der Waals surface area contributed by atoms with Gasteiger partial charge in [0.2, 0.25) is 0 Å². The lowest BCUT2D eigenvalue weighted by molar-refractivity contribution is 0.306. The number of fused-ring (bicyclic) bond motifs is 1. The van der Waals surface area contributed by atoms with Gasteiger partial charge in [0.1, 0.15) is 41.1 Å². The Morgan fingerprint density at radius 1 is 1.04 bits per heavy atom. The van der Waals surface area contributed by atoms with Gasteiger partial charge in [-0.25, -0.2) is 27.8 Å². The molecular weight excluding hydrogens is 637 g/mol. The number of anilines is 2. The van der Waals surface area contributed by atoms with Crippen LogP contribution in [0.4, 0.5) is 15.9 Å². The number of hydrogen-bond donors (Lipinski definition) is 2. The normalized spacial score (nSPS) is 12.4. The van der Waals surface area contributed by atoms with Gasteiger partial charge in [0.15, 0.2) is 9.84 Å². The Balaban J connectivity index is 1.35. The Labute approximate surface area is 270 Å². The van der Waals surface area contributed by atoms with Crippen LogP contribution in [-0.4, -0.2) is 48.0 Å². The van der Waals surface area contributed by atoms with Gasteiger partial charge in [-0.15, -0.1) is 11.3 Å². The molecule has 0 saturated heterocycles. The van der Waals surface area contributed by atoms with Crippen molar-refractivity contribution >= 4 is 55.2 Å². The molecule has 5 aromatic rings. The highest BCUT2D eigenvalue weighted by Crippen LogP contribution is 2.38. The second-order valence-electron chi connectivity index (χ2n) is 10.6. The Kier molecular flexibility index (Phi) is 10.2. The van der Waals surface area contributed by atoms with Crippen molar-refractivity contribution in [2.75, 3.05) is 24.7 Å². The van der Waals surface area contributed by atoms with Crippen LogP contribution in [0.3, 0.4) is 0 Å². The minimum atomic E-state index is -3.13. The molecule has 1 atom stereocenters. The summed E-state index contributed by atoms with van der Waals surface area (Å²) in [5, 5.41) is 10.1. The third kappa shape index (κ3) is 7.88. The molecule has 0 spiro atoms. The molecule has 0 saturated carbocycles. The van der Waals surface area contributed by atoms with Gasteiger partial charge in [0.05, 0.1) is 40.4 Å². The second kappa shape index (κ2) is 14.1. The van der Waals surface area contributed by atoms with Crippen LogP contribution in [-0.2, 0) is 16.4 Å². The number of rotatable bonds is 13. The molecule has 0 aliphatic heterocycles. The van der Waals surface area contributed by atoms with Crippen molar-refractivity contribution in [3.63, 3.8) is 0 Å². The number of nitrogens with one attached hydrogen (secondary N) is 2. The van der Waals surface area contributed by atoms with Crippen LogP contribution in [0.1, 0.15) is 37.4 Å². The third-order valence-electron chi connectivity index (χ3n) is 7.16. The molecule has 2 N–H and O–H groups in total. The van der Waals surface area contributed by atoms with Gasteiger partial charge in [-0.05, 0) is 62.7 Å². The SMILES string of the molecule is COc1cc2ncnc(Nc3ccc(OCc4cccc(F)c4)c(Cl)c3)c2cc1-c1csc(C(C)NCCS(=O)(=O)C(C)C)n1. The number of thiazole rings is 1. The van der Waals surface area contributed by atoms with Gasteiger partial charge in [0, 0.05) is 34.6 Å². The Hall–Kier alpha value is -3.84. The van der Waals surface area contributed by atoms with Crippen molar-refractivity contribution in [3.8, 4) is 22.8 Å². The highest BCUT2D eigenvalue weighted by molar-refractivity contribution is 7.92. The van der Waals surface area contributed by atoms with Crippen molar-refractivity contribution in [1.82, 2.24) is 20.3 Å². The molecule has 0 aliphatic rings. The summed E-state index contributed by atoms with van der Waals surface area (Å²) in [5.41, 5.74) is 3.54. The van der Waals surface area contributed by atoms with Crippen LogP contribution >= 0.6 is 22.9 Å². The monoisotopic (exact) mass is 669 g/mol. The molecule has 2 heterocycles. The topological polar surface area (TPSA) is 115 Å². The first-order valence-corrected chi connectivity index (χ1v) is 17.2. The first-order valence-electron chi connectivity index (χ1n) is 14.2. The van der Waals surface area contributed by atoms with Crippen LogP contribution in [0.25, 0.3) is 22.2 Å². The summed E-state index contributed by atoms with van der Waals surface area (Å²) >= 11 is 8.00. The maximum Gasteiger partial charge on any atom is 0.153 e. The molecule has 45 heavy (non-hydrogen) atoms. The molecule has 3 aromatic carbocycles. The number of hydrogen-bond acceptors (Lipinski definition) is 10. The van der Waals surface area contributed by atoms with Crippen molar-refractivity contribution < 1.29 is 22.3 Å². The molecule has 9 nitrogen and oxygen atoms in total. The van der Waals surface area contributed by atoms with Gasteiger partial charge in [-0.3, -0.25) is 0 Å². The summed E-state index contributed by atoms with van der Waals surface area (Å²) in [7, 11) is -1.53. The van der Waals surface area contributed by atoms with E-state index in [0.717, 1.165) is 21.7 Å². The van der Waals surface area contributed by atoms with E-state index < -0.39 is 15.1 Å². The fourth-order valence-electron chi connectivity index (χ4n) is 4.52. The lowest BCUT2D eigenvalue weighted by Gasteiger charge is -2.14. The van der Waals surface area contributed by atoms with Crippen LogP contribution in [0, 0.1) is 5.82 Å². The van der Waals surface area contributed by atoms with Crippen molar-refractivity contribution in [1.29, 1.82) is 0 Å². The molecular formula is C32H33ClFN5O4S2. The minimum Gasteiger partial charge on any atom is -0.496 e. The van der Waals surface area contributed by atoms with E-state index in [1.165, 1.54) is 29.8 Å². The van der Waals surface area contributed by atoms with E-state index >= 15 is 0 Å². The molecule has 13 heteroatoms. The van der Waals surface area contributed by atoms with Crippen LogP contribution in [0.2, 0.25) is 5.02 Å². The molecule has 0 amide bonds. The molecule has 0 bridgehead atoms. The standard InChI is InChI=1S/C32H33ClFN5O4S2/c1-19(2)45(40,41)11-10-35-20(3)32-39-28(17-44-32)24-14-25-27(15-30(24)42-4)36-18-37-31(25)38-23-8-9-29(26(33)13-23)43-16-21-6-5-7-22(34)12-21/h5-9,12-15,17-20,35H,10-11,16H2,1-4H3,(H,36,37,38). The highest BCUT2D eigenvalue weighted by atomic mass is 35.5.